The third-order valence-electron chi connectivity index (χ3n) is 4.21. The maximum absolute atomic E-state index is 11.8. The molecule has 1 heterocycles. The third kappa shape index (κ3) is 7.87. The molecule has 1 aliphatic rings. The second kappa shape index (κ2) is 11.7. The molecule has 170 valence electrons. The van der Waals surface area contributed by atoms with Gasteiger partial charge in [0.2, 0.25) is 0 Å². The number of carbonyl (C=O) groups is 4. The number of esters is 4. The number of hydrogen-bond acceptors (Lipinski definition) is 10. The van der Waals surface area contributed by atoms with E-state index < -0.39 is 53.7 Å². The molecular weight excluding hydrogens is 428 g/mol. The van der Waals surface area contributed by atoms with Crippen molar-refractivity contribution in [3.8, 4) is 0 Å². The van der Waals surface area contributed by atoms with E-state index in [4.69, 9.17) is 23.7 Å². The Balaban J connectivity index is 2.35. The van der Waals surface area contributed by atoms with Gasteiger partial charge in [-0.15, -0.1) is 11.8 Å². The van der Waals surface area contributed by atoms with Gasteiger partial charge >= 0.3 is 23.9 Å². The lowest BCUT2D eigenvalue weighted by atomic mass is 9.99. The van der Waals surface area contributed by atoms with Gasteiger partial charge in [0.15, 0.2) is 18.3 Å². The number of thioether (sulfide) groups is 1. The van der Waals surface area contributed by atoms with Crippen molar-refractivity contribution in [2.24, 2.45) is 0 Å². The average molecular weight is 454 g/mol. The van der Waals surface area contributed by atoms with Crippen LogP contribution in [0.15, 0.2) is 30.3 Å². The lowest BCUT2D eigenvalue weighted by Gasteiger charge is -2.44. The van der Waals surface area contributed by atoms with Crippen molar-refractivity contribution in [2.75, 3.05) is 6.61 Å². The molecule has 0 spiro atoms. The Hall–Kier alpha value is -2.59. The van der Waals surface area contributed by atoms with E-state index in [2.05, 4.69) is 0 Å². The van der Waals surface area contributed by atoms with Gasteiger partial charge in [-0.2, -0.15) is 0 Å². The van der Waals surface area contributed by atoms with Gasteiger partial charge in [-0.05, 0) is 5.56 Å². The molecule has 10 heteroatoms. The summed E-state index contributed by atoms with van der Waals surface area (Å²) >= 11 is 1.32. The highest BCUT2D eigenvalue weighted by atomic mass is 32.2. The van der Waals surface area contributed by atoms with E-state index in [0.717, 1.165) is 5.56 Å². The van der Waals surface area contributed by atoms with Crippen LogP contribution >= 0.6 is 11.8 Å². The predicted octanol–water partition coefficient (Wildman–Crippen LogP) is 2.00. The Morgan fingerprint density at radius 3 is 1.90 bits per heavy atom. The predicted molar refractivity (Wildman–Crippen MR) is 110 cm³/mol. The van der Waals surface area contributed by atoms with Crippen molar-refractivity contribution < 1.29 is 42.9 Å². The summed E-state index contributed by atoms with van der Waals surface area (Å²) in [4.78, 5) is 46.6. The molecule has 0 saturated carbocycles. The summed E-state index contributed by atoms with van der Waals surface area (Å²) in [6.07, 6.45) is -4.27. The summed E-state index contributed by atoms with van der Waals surface area (Å²) < 4.78 is 27.3. The van der Waals surface area contributed by atoms with Crippen LogP contribution in [0.3, 0.4) is 0 Å². The van der Waals surface area contributed by atoms with Gasteiger partial charge in [0.25, 0.3) is 0 Å². The molecule has 0 amide bonds. The highest BCUT2D eigenvalue weighted by molar-refractivity contribution is 7.99. The van der Waals surface area contributed by atoms with Crippen molar-refractivity contribution >= 4 is 35.6 Å². The summed E-state index contributed by atoms with van der Waals surface area (Å²) in [5, 5.41) is 0. The largest absolute Gasteiger partial charge is 0.463 e. The van der Waals surface area contributed by atoms with Gasteiger partial charge < -0.3 is 23.7 Å². The van der Waals surface area contributed by atoms with Crippen LogP contribution in [0.5, 0.6) is 0 Å². The van der Waals surface area contributed by atoms with Gasteiger partial charge in [0.1, 0.15) is 18.1 Å². The van der Waals surface area contributed by atoms with Crippen LogP contribution in [0.2, 0.25) is 0 Å². The zero-order valence-electron chi connectivity index (χ0n) is 17.8. The first-order valence-electron chi connectivity index (χ1n) is 9.63. The number of hydrogen-bond donors (Lipinski definition) is 0. The smallest absolute Gasteiger partial charge is 0.303 e. The zero-order chi connectivity index (χ0) is 23.0. The summed E-state index contributed by atoms with van der Waals surface area (Å²) in [5.74, 6) is -1.97. The van der Waals surface area contributed by atoms with E-state index in [-0.39, 0.29) is 6.61 Å². The fourth-order valence-corrected chi connectivity index (χ4v) is 4.25. The third-order valence-corrected chi connectivity index (χ3v) is 5.41. The van der Waals surface area contributed by atoms with Gasteiger partial charge in [0.05, 0.1) is 0 Å². The van der Waals surface area contributed by atoms with Gasteiger partial charge in [-0.25, -0.2) is 0 Å². The summed E-state index contributed by atoms with van der Waals surface area (Å²) in [6.45, 7) is 4.59. The molecule has 1 aromatic carbocycles. The lowest BCUT2D eigenvalue weighted by Crippen LogP contribution is -2.61. The van der Waals surface area contributed by atoms with Crippen LogP contribution < -0.4 is 0 Å². The van der Waals surface area contributed by atoms with Gasteiger partial charge in [0, 0.05) is 33.4 Å². The quantitative estimate of drug-likeness (QED) is 0.427. The highest BCUT2D eigenvalue weighted by Crippen LogP contribution is 2.35. The van der Waals surface area contributed by atoms with Crippen molar-refractivity contribution in [3.63, 3.8) is 0 Å². The van der Waals surface area contributed by atoms with Crippen molar-refractivity contribution in [3.05, 3.63) is 35.9 Å². The van der Waals surface area contributed by atoms with E-state index in [1.165, 1.54) is 39.5 Å². The molecule has 0 bridgehead atoms. The van der Waals surface area contributed by atoms with E-state index in [1.54, 1.807) is 0 Å². The SMILES string of the molecule is CC(=O)OC[C@H]1O[C@@H](SCc2ccccc2)[C@H](OC(C)=O)[C@@H](OC(C)=O)[C@H]1OC(C)=O. The van der Waals surface area contributed by atoms with E-state index in [1.807, 2.05) is 30.3 Å². The minimum absolute atomic E-state index is 0.236. The minimum Gasteiger partial charge on any atom is -0.463 e. The summed E-state index contributed by atoms with van der Waals surface area (Å²) in [7, 11) is 0. The van der Waals surface area contributed by atoms with Crippen LogP contribution in [-0.4, -0.2) is 60.3 Å². The Morgan fingerprint density at radius 1 is 0.806 bits per heavy atom. The monoisotopic (exact) mass is 454 g/mol. The molecule has 0 aromatic heterocycles. The maximum Gasteiger partial charge on any atom is 0.303 e. The van der Waals surface area contributed by atoms with Crippen molar-refractivity contribution in [2.45, 2.75) is 63.3 Å². The molecule has 1 fully saturated rings. The minimum atomic E-state index is -1.15. The van der Waals surface area contributed by atoms with Crippen molar-refractivity contribution in [1.82, 2.24) is 0 Å². The topological polar surface area (TPSA) is 114 Å². The molecule has 0 unspecified atom stereocenters. The molecule has 0 N–H and O–H groups in total. The Labute approximate surface area is 184 Å². The van der Waals surface area contributed by atoms with Gasteiger partial charge in [-0.3, -0.25) is 19.2 Å². The number of carbonyl (C=O) groups excluding carboxylic acids is 4. The normalized spacial score (nSPS) is 25.2. The molecule has 1 aromatic rings. The van der Waals surface area contributed by atoms with Crippen molar-refractivity contribution in [1.29, 1.82) is 0 Å². The molecular formula is C21H26O9S. The first-order chi connectivity index (χ1) is 14.7. The standard InChI is InChI=1S/C21H26O9S/c1-12(22)26-10-17-18(27-13(2)23)19(28-14(3)24)20(29-15(4)25)21(30-17)31-11-16-8-6-5-7-9-16/h5-9,17-21H,10-11H2,1-4H3/t17-,18+,19+,20-,21+/m1/s1. The van der Waals surface area contributed by atoms with Crippen LogP contribution in [0.4, 0.5) is 0 Å². The maximum atomic E-state index is 11.8. The van der Waals surface area contributed by atoms with E-state index in [9.17, 15) is 19.2 Å². The molecule has 5 atom stereocenters. The molecule has 0 radical (unpaired) electrons. The van der Waals surface area contributed by atoms with E-state index >= 15 is 0 Å². The van der Waals surface area contributed by atoms with Crippen LogP contribution in [0, 0.1) is 0 Å². The summed E-state index contributed by atoms with van der Waals surface area (Å²) in [6, 6.07) is 9.53. The van der Waals surface area contributed by atoms with Gasteiger partial charge in [-0.1, -0.05) is 30.3 Å². The molecule has 9 nitrogen and oxygen atoms in total. The summed E-state index contributed by atoms with van der Waals surface area (Å²) in [5.41, 5.74) is 0.223. The lowest BCUT2D eigenvalue weighted by molar-refractivity contribution is -0.237. The first-order valence-corrected chi connectivity index (χ1v) is 10.7. The molecule has 1 aliphatic heterocycles. The molecule has 1 saturated heterocycles. The second-order valence-corrected chi connectivity index (χ2v) is 7.95. The van der Waals surface area contributed by atoms with Crippen LogP contribution in [-0.2, 0) is 48.6 Å². The molecule has 31 heavy (non-hydrogen) atoms. The highest BCUT2D eigenvalue weighted by Gasteiger charge is 2.52. The zero-order valence-corrected chi connectivity index (χ0v) is 18.6. The number of rotatable bonds is 8. The average Bonchev–Trinajstić information content (AvgIpc) is 2.68. The Morgan fingerprint density at radius 2 is 1.35 bits per heavy atom. The number of benzene rings is 1. The fourth-order valence-electron chi connectivity index (χ4n) is 3.08. The molecule has 2 rings (SSSR count). The van der Waals surface area contributed by atoms with Crippen LogP contribution in [0.25, 0.3) is 0 Å². The number of ether oxygens (including phenoxy) is 5. The first kappa shape index (κ1) is 24.7. The van der Waals surface area contributed by atoms with Crippen LogP contribution in [0.1, 0.15) is 33.3 Å². The fraction of sp³-hybridized carbons (Fsp3) is 0.524. The Kier molecular flexibility index (Phi) is 9.32. The Bertz CT molecular complexity index is 782. The van der Waals surface area contributed by atoms with E-state index in [0.29, 0.717) is 5.75 Å². The second-order valence-electron chi connectivity index (χ2n) is 6.86. The molecule has 0 aliphatic carbocycles.